The van der Waals surface area contributed by atoms with E-state index in [4.69, 9.17) is 4.74 Å². The minimum absolute atomic E-state index is 0.0179. The number of hydrogen-bond acceptors (Lipinski definition) is 4. The van der Waals surface area contributed by atoms with Crippen LogP contribution in [-0.4, -0.2) is 45.0 Å². The van der Waals surface area contributed by atoms with Crippen molar-refractivity contribution in [3.63, 3.8) is 0 Å². The standard InChI is InChI=1S/C11H22N2O3S/c1-11(2)7-9(4-6-16-11)13-17(14,15)10-3-5-12-8-10/h9-10,12-13H,3-8H2,1-2H3. The first kappa shape index (κ1) is 13.3. The Labute approximate surface area is 103 Å². The Hall–Kier alpha value is -0.170. The maximum Gasteiger partial charge on any atom is 0.216 e. The van der Waals surface area contributed by atoms with Gasteiger partial charge in [0.15, 0.2) is 0 Å². The SMILES string of the molecule is CC1(C)CC(NS(=O)(=O)C2CCNC2)CCO1. The second-order valence-corrected chi connectivity index (χ2v) is 7.57. The van der Waals surface area contributed by atoms with E-state index in [1.165, 1.54) is 0 Å². The Morgan fingerprint density at radius 2 is 2.12 bits per heavy atom. The molecule has 2 unspecified atom stereocenters. The lowest BCUT2D eigenvalue weighted by atomic mass is 9.95. The summed E-state index contributed by atoms with van der Waals surface area (Å²) in [5.74, 6) is 0. The Morgan fingerprint density at radius 3 is 2.71 bits per heavy atom. The second kappa shape index (κ2) is 4.84. The molecule has 0 aromatic carbocycles. The maximum absolute atomic E-state index is 12.1. The van der Waals surface area contributed by atoms with Gasteiger partial charge in [0.1, 0.15) is 0 Å². The van der Waals surface area contributed by atoms with Crippen LogP contribution in [0, 0.1) is 0 Å². The van der Waals surface area contributed by atoms with Crippen LogP contribution in [0.25, 0.3) is 0 Å². The predicted molar refractivity (Wildman–Crippen MR) is 66.4 cm³/mol. The summed E-state index contributed by atoms with van der Waals surface area (Å²) in [5, 5.41) is 2.82. The zero-order chi connectivity index (χ0) is 12.5. The lowest BCUT2D eigenvalue weighted by molar-refractivity contribution is -0.0599. The van der Waals surface area contributed by atoms with Gasteiger partial charge >= 0.3 is 0 Å². The molecule has 17 heavy (non-hydrogen) atoms. The Balaban J connectivity index is 1.95. The summed E-state index contributed by atoms with van der Waals surface area (Å²) in [7, 11) is -3.18. The lowest BCUT2D eigenvalue weighted by Gasteiger charge is -2.36. The Morgan fingerprint density at radius 1 is 1.35 bits per heavy atom. The molecule has 0 radical (unpaired) electrons. The van der Waals surface area contributed by atoms with Crippen molar-refractivity contribution in [2.45, 2.75) is 50.0 Å². The molecule has 2 saturated heterocycles. The van der Waals surface area contributed by atoms with Gasteiger partial charge in [-0.25, -0.2) is 13.1 Å². The van der Waals surface area contributed by atoms with E-state index in [2.05, 4.69) is 10.0 Å². The molecular weight excluding hydrogens is 240 g/mol. The monoisotopic (exact) mass is 262 g/mol. The summed E-state index contributed by atoms with van der Waals surface area (Å²) in [6, 6.07) is 0.0179. The third-order valence-corrected chi connectivity index (χ3v) is 5.42. The lowest BCUT2D eigenvalue weighted by Crippen LogP contribution is -2.48. The number of rotatable bonds is 3. The molecule has 0 aromatic rings. The second-order valence-electron chi connectivity index (χ2n) is 5.58. The first-order chi connectivity index (χ1) is 7.89. The number of ether oxygens (including phenoxy) is 1. The average Bonchev–Trinajstić information content (AvgIpc) is 2.67. The fraction of sp³-hybridized carbons (Fsp3) is 1.00. The summed E-state index contributed by atoms with van der Waals surface area (Å²) in [6.07, 6.45) is 2.22. The van der Waals surface area contributed by atoms with Crippen molar-refractivity contribution in [2.24, 2.45) is 0 Å². The zero-order valence-corrected chi connectivity index (χ0v) is 11.3. The van der Waals surface area contributed by atoms with Crippen LogP contribution in [0.3, 0.4) is 0 Å². The highest BCUT2D eigenvalue weighted by atomic mass is 32.2. The summed E-state index contributed by atoms with van der Waals surface area (Å²) in [5.41, 5.74) is -0.223. The highest BCUT2D eigenvalue weighted by Gasteiger charge is 2.35. The van der Waals surface area contributed by atoms with E-state index in [1.54, 1.807) is 0 Å². The van der Waals surface area contributed by atoms with Crippen LogP contribution < -0.4 is 10.0 Å². The molecule has 0 aromatic heterocycles. The number of hydrogen-bond donors (Lipinski definition) is 2. The predicted octanol–water partition coefficient (Wildman–Crippen LogP) is 0.225. The third kappa shape index (κ3) is 3.40. The molecule has 0 spiro atoms. The molecule has 6 heteroatoms. The summed E-state index contributed by atoms with van der Waals surface area (Å²) < 4.78 is 32.7. The minimum atomic E-state index is -3.18. The van der Waals surface area contributed by atoms with Crippen LogP contribution in [-0.2, 0) is 14.8 Å². The van der Waals surface area contributed by atoms with Gasteiger partial charge in [0.05, 0.1) is 10.9 Å². The van der Waals surface area contributed by atoms with Gasteiger partial charge in [0.25, 0.3) is 0 Å². The van der Waals surface area contributed by atoms with Crippen molar-refractivity contribution in [1.29, 1.82) is 0 Å². The van der Waals surface area contributed by atoms with Crippen molar-refractivity contribution in [2.75, 3.05) is 19.7 Å². The molecular formula is C11H22N2O3S. The van der Waals surface area contributed by atoms with E-state index in [1.807, 2.05) is 13.8 Å². The molecule has 2 aliphatic rings. The molecule has 0 bridgehead atoms. The number of nitrogens with one attached hydrogen (secondary N) is 2. The fourth-order valence-electron chi connectivity index (χ4n) is 2.55. The van der Waals surface area contributed by atoms with Gasteiger partial charge in [0, 0.05) is 19.2 Å². The van der Waals surface area contributed by atoms with E-state index in [0.29, 0.717) is 19.6 Å². The highest BCUT2D eigenvalue weighted by Crippen LogP contribution is 2.25. The molecule has 2 rings (SSSR count). The van der Waals surface area contributed by atoms with E-state index < -0.39 is 10.0 Å². The van der Waals surface area contributed by atoms with Gasteiger partial charge < -0.3 is 10.1 Å². The molecule has 0 amide bonds. The van der Waals surface area contributed by atoms with Gasteiger partial charge in [-0.15, -0.1) is 0 Å². The van der Waals surface area contributed by atoms with Crippen molar-refractivity contribution in [3.8, 4) is 0 Å². The average molecular weight is 262 g/mol. The first-order valence-corrected chi connectivity index (χ1v) is 7.79. The molecule has 2 fully saturated rings. The van der Waals surface area contributed by atoms with Crippen LogP contribution in [0.1, 0.15) is 33.1 Å². The van der Waals surface area contributed by atoms with E-state index in [0.717, 1.165) is 19.4 Å². The molecule has 5 nitrogen and oxygen atoms in total. The molecule has 2 aliphatic heterocycles. The van der Waals surface area contributed by atoms with Gasteiger partial charge in [-0.1, -0.05) is 0 Å². The van der Waals surface area contributed by atoms with Crippen LogP contribution in [0.2, 0.25) is 0 Å². The van der Waals surface area contributed by atoms with Crippen LogP contribution in [0.15, 0.2) is 0 Å². The molecule has 100 valence electrons. The molecule has 2 N–H and O–H groups in total. The van der Waals surface area contributed by atoms with Crippen LogP contribution >= 0.6 is 0 Å². The van der Waals surface area contributed by atoms with Gasteiger partial charge in [0.2, 0.25) is 10.0 Å². The highest BCUT2D eigenvalue weighted by molar-refractivity contribution is 7.90. The van der Waals surface area contributed by atoms with Crippen molar-refractivity contribution in [3.05, 3.63) is 0 Å². The molecule has 2 heterocycles. The van der Waals surface area contributed by atoms with E-state index in [9.17, 15) is 8.42 Å². The van der Waals surface area contributed by atoms with Gasteiger partial charge in [-0.2, -0.15) is 0 Å². The fourth-order valence-corrected chi connectivity index (χ4v) is 4.18. The van der Waals surface area contributed by atoms with Crippen molar-refractivity contribution < 1.29 is 13.2 Å². The summed E-state index contributed by atoms with van der Waals surface area (Å²) in [6.45, 7) is 6.01. The van der Waals surface area contributed by atoms with Gasteiger partial charge in [-0.3, -0.25) is 0 Å². The summed E-state index contributed by atoms with van der Waals surface area (Å²) in [4.78, 5) is 0. The Kier molecular flexibility index (Phi) is 3.77. The van der Waals surface area contributed by atoms with E-state index in [-0.39, 0.29) is 16.9 Å². The van der Waals surface area contributed by atoms with Crippen molar-refractivity contribution in [1.82, 2.24) is 10.0 Å². The maximum atomic E-state index is 12.1. The largest absolute Gasteiger partial charge is 0.375 e. The molecule has 0 saturated carbocycles. The third-order valence-electron chi connectivity index (χ3n) is 3.48. The normalized spacial score (nSPS) is 33.8. The first-order valence-electron chi connectivity index (χ1n) is 6.25. The van der Waals surface area contributed by atoms with Crippen molar-refractivity contribution >= 4 is 10.0 Å². The van der Waals surface area contributed by atoms with Crippen LogP contribution in [0.4, 0.5) is 0 Å². The van der Waals surface area contributed by atoms with E-state index >= 15 is 0 Å². The topological polar surface area (TPSA) is 67.4 Å². The summed E-state index contributed by atoms with van der Waals surface area (Å²) >= 11 is 0. The quantitative estimate of drug-likeness (QED) is 0.764. The number of sulfonamides is 1. The molecule has 0 aliphatic carbocycles. The molecule has 2 atom stereocenters. The smallest absolute Gasteiger partial charge is 0.216 e. The Bertz CT molecular complexity index is 361. The zero-order valence-electron chi connectivity index (χ0n) is 10.5. The van der Waals surface area contributed by atoms with Crippen LogP contribution in [0.5, 0.6) is 0 Å². The minimum Gasteiger partial charge on any atom is -0.375 e. The van der Waals surface area contributed by atoms with Gasteiger partial charge in [-0.05, 0) is 39.7 Å².